The summed E-state index contributed by atoms with van der Waals surface area (Å²) in [4.78, 5) is 3.49. The summed E-state index contributed by atoms with van der Waals surface area (Å²) in [6, 6.07) is 15.6. The number of anilines is 2. The number of benzene rings is 3. The predicted octanol–water partition coefficient (Wildman–Crippen LogP) is 6.69. The molecule has 3 aromatic carbocycles. The van der Waals surface area contributed by atoms with Gasteiger partial charge in [-0.2, -0.15) is 0 Å². The van der Waals surface area contributed by atoms with Crippen LogP contribution in [0.2, 0.25) is 15.1 Å². The van der Waals surface area contributed by atoms with Gasteiger partial charge in [0.25, 0.3) is 0 Å². The quantitative estimate of drug-likeness (QED) is 0.184. The van der Waals surface area contributed by atoms with E-state index in [1.807, 2.05) is 36.4 Å². The van der Waals surface area contributed by atoms with Crippen molar-refractivity contribution >= 4 is 85.7 Å². The monoisotopic (exact) mass is 478 g/mol. The molecule has 0 radical (unpaired) electrons. The van der Waals surface area contributed by atoms with Crippen LogP contribution in [0.5, 0.6) is 0 Å². The Labute approximate surface area is 195 Å². The summed E-state index contributed by atoms with van der Waals surface area (Å²) in [6.07, 6.45) is 0.814. The molecule has 156 valence electrons. The number of aromatic nitrogens is 1. The van der Waals surface area contributed by atoms with E-state index in [0.717, 1.165) is 46.1 Å². The first-order valence-corrected chi connectivity index (χ1v) is 10.9. The van der Waals surface area contributed by atoms with E-state index >= 15 is 0 Å². The van der Waals surface area contributed by atoms with Gasteiger partial charge in [0.1, 0.15) is 0 Å². The van der Waals surface area contributed by atoms with Crippen molar-refractivity contribution in [1.82, 2.24) is 10.3 Å². The Kier molecular flexibility index (Phi) is 7.81. The minimum atomic E-state index is 0.532. The Morgan fingerprint density at radius 3 is 2.33 bits per heavy atom. The smallest absolute Gasteiger partial charge is 0.0614 e. The minimum absolute atomic E-state index is 0.532. The first kappa shape index (κ1) is 22.7. The Balaban J connectivity index is 0.00000124. The van der Waals surface area contributed by atoms with E-state index in [1.165, 1.54) is 18.1 Å². The normalized spacial score (nSPS) is 10.6. The van der Waals surface area contributed by atoms with Crippen molar-refractivity contribution < 1.29 is 0 Å². The average Bonchev–Trinajstić information content (AvgIpc) is 3.09. The van der Waals surface area contributed by atoms with Crippen molar-refractivity contribution in [2.75, 3.05) is 18.9 Å². The molecule has 4 aromatic rings. The van der Waals surface area contributed by atoms with Crippen LogP contribution in [0.25, 0.3) is 21.8 Å². The summed E-state index contributed by atoms with van der Waals surface area (Å²) in [5.74, 6) is 0. The molecule has 0 aliphatic heterocycles. The second-order valence-corrected chi connectivity index (χ2v) is 7.94. The molecule has 0 spiro atoms. The van der Waals surface area contributed by atoms with E-state index in [0.29, 0.717) is 15.1 Å². The number of hydrogen-bond donors (Lipinski definition) is 4. The highest BCUT2D eigenvalue weighted by molar-refractivity contribution is 7.78. The zero-order valence-electron chi connectivity index (χ0n) is 16.2. The van der Waals surface area contributed by atoms with Crippen LogP contribution in [0.15, 0.2) is 48.5 Å². The van der Waals surface area contributed by atoms with Crippen LogP contribution in [-0.2, 0) is 6.42 Å². The number of thiocarbonyl (C=S) groups is 1. The van der Waals surface area contributed by atoms with Gasteiger partial charge >= 0.3 is 0 Å². The van der Waals surface area contributed by atoms with Gasteiger partial charge in [-0.05, 0) is 67.6 Å². The zero-order valence-corrected chi connectivity index (χ0v) is 19.3. The molecule has 4 rings (SSSR count). The Bertz CT molecular complexity index is 1170. The Hall–Kier alpha value is -2.02. The van der Waals surface area contributed by atoms with E-state index in [9.17, 15) is 0 Å². The van der Waals surface area contributed by atoms with Crippen LogP contribution in [0, 0.1) is 0 Å². The van der Waals surface area contributed by atoms with Crippen molar-refractivity contribution in [2.24, 2.45) is 5.73 Å². The largest absolute Gasteiger partial charge is 0.382 e. The number of nitrogens with two attached hydrogens (primary N) is 1. The van der Waals surface area contributed by atoms with Crippen LogP contribution in [0.1, 0.15) is 5.56 Å². The van der Waals surface area contributed by atoms with Gasteiger partial charge in [0, 0.05) is 44.7 Å². The first-order valence-electron chi connectivity index (χ1n) is 9.26. The summed E-state index contributed by atoms with van der Waals surface area (Å²) in [5, 5.41) is 10.4. The average molecular weight is 480 g/mol. The van der Waals surface area contributed by atoms with E-state index in [4.69, 9.17) is 47.0 Å². The number of fused-ring (bicyclic) bond motifs is 3. The van der Waals surface area contributed by atoms with Crippen molar-refractivity contribution in [3.8, 4) is 0 Å². The third-order valence-electron chi connectivity index (χ3n) is 4.59. The standard InChI is InChI=1S/C21H16Cl3N3S.CH5N/c22-13-1-3-14(4-2-13)26-15-7-12(5-6-25-11-28)21-17(8-15)16-9-18(23)19(24)10-20(16)27-21;1-2/h1-4,7-11,26-27H,5-6H2,(H,25,28);2H2,1H3. The summed E-state index contributed by atoms with van der Waals surface area (Å²) in [5.41, 5.74) is 11.2. The number of H-pyrrole nitrogens is 1. The van der Waals surface area contributed by atoms with Gasteiger partial charge in [0.15, 0.2) is 0 Å². The predicted molar refractivity (Wildman–Crippen MR) is 136 cm³/mol. The molecule has 8 heteroatoms. The first-order chi connectivity index (χ1) is 14.5. The van der Waals surface area contributed by atoms with Gasteiger partial charge in [0.05, 0.1) is 15.5 Å². The van der Waals surface area contributed by atoms with Gasteiger partial charge in [0.2, 0.25) is 0 Å². The lowest BCUT2D eigenvalue weighted by Gasteiger charge is -2.11. The number of aromatic amines is 1. The van der Waals surface area contributed by atoms with Crippen molar-refractivity contribution in [3.05, 3.63) is 69.2 Å². The molecule has 4 nitrogen and oxygen atoms in total. The third kappa shape index (κ3) is 4.99. The molecule has 1 heterocycles. The van der Waals surface area contributed by atoms with Crippen LogP contribution in [0.3, 0.4) is 0 Å². The minimum Gasteiger partial charge on any atom is -0.382 e. The molecule has 0 unspecified atom stereocenters. The molecular weight excluding hydrogens is 459 g/mol. The molecule has 0 saturated carbocycles. The fourth-order valence-corrected chi connectivity index (χ4v) is 3.88. The third-order valence-corrected chi connectivity index (χ3v) is 5.73. The van der Waals surface area contributed by atoms with Crippen molar-refractivity contribution in [1.29, 1.82) is 0 Å². The molecule has 0 bridgehead atoms. The van der Waals surface area contributed by atoms with E-state index in [2.05, 4.69) is 33.5 Å². The van der Waals surface area contributed by atoms with Crippen LogP contribution >= 0.6 is 47.0 Å². The number of hydrogen-bond acceptors (Lipinski definition) is 3. The van der Waals surface area contributed by atoms with Gasteiger partial charge in [-0.25, -0.2) is 0 Å². The van der Waals surface area contributed by atoms with Gasteiger partial charge in [-0.15, -0.1) is 0 Å². The molecule has 0 atom stereocenters. The fourth-order valence-electron chi connectivity index (χ4n) is 3.30. The van der Waals surface area contributed by atoms with Crippen molar-refractivity contribution in [2.45, 2.75) is 6.42 Å². The van der Waals surface area contributed by atoms with E-state index in [1.54, 1.807) is 0 Å². The molecule has 0 aliphatic rings. The lowest BCUT2D eigenvalue weighted by Crippen LogP contribution is -2.13. The topological polar surface area (TPSA) is 65.9 Å². The molecule has 0 fully saturated rings. The highest BCUT2D eigenvalue weighted by Gasteiger charge is 2.13. The Morgan fingerprint density at radius 2 is 1.63 bits per heavy atom. The fraction of sp³-hybridized carbons (Fsp3) is 0.136. The van der Waals surface area contributed by atoms with Crippen LogP contribution in [-0.4, -0.2) is 24.1 Å². The van der Waals surface area contributed by atoms with Gasteiger partial charge in [-0.1, -0.05) is 47.0 Å². The zero-order chi connectivity index (χ0) is 21.7. The molecule has 30 heavy (non-hydrogen) atoms. The van der Waals surface area contributed by atoms with E-state index < -0.39 is 0 Å². The summed E-state index contributed by atoms with van der Waals surface area (Å²) in [6.45, 7) is 0.750. The number of nitrogens with one attached hydrogen (secondary N) is 3. The maximum Gasteiger partial charge on any atom is 0.0614 e. The second-order valence-electron chi connectivity index (χ2n) is 6.45. The van der Waals surface area contributed by atoms with E-state index in [-0.39, 0.29) is 0 Å². The highest BCUT2D eigenvalue weighted by atomic mass is 35.5. The van der Waals surface area contributed by atoms with Crippen LogP contribution in [0.4, 0.5) is 11.4 Å². The molecule has 0 aliphatic carbocycles. The molecule has 1 aromatic heterocycles. The number of halogens is 3. The summed E-state index contributed by atoms with van der Waals surface area (Å²) < 4.78 is 0. The molecular formula is C22H21Cl3N4S. The second kappa shape index (κ2) is 10.3. The summed E-state index contributed by atoms with van der Waals surface area (Å²) in [7, 11) is 1.50. The summed E-state index contributed by atoms with van der Waals surface area (Å²) >= 11 is 23.3. The van der Waals surface area contributed by atoms with Gasteiger partial charge < -0.3 is 21.4 Å². The molecule has 0 amide bonds. The lowest BCUT2D eigenvalue weighted by molar-refractivity contribution is 0.890. The van der Waals surface area contributed by atoms with Crippen molar-refractivity contribution in [3.63, 3.8) is 0 Å². The maximum absolute atomic E-state index is 6.27. The van der Waals surface area contributed by atoms with Gasteiger partial charge in [-0.3, -0.25) is 0 Å². The molecule has 5 N–H and O–H groups in total. The SMILES string of the molecule is CN.S=CNCCc1cc(Nc2ccc(Cl)cc2)cc2c1[nH]c1cc(Cl)c(Cl)cc12. The molecule has 0 saturated heterocycles. The maximum atomic E-state index is 6.27. The van der Waals surface area contributed by atoms with Crippen LogP contribution < -0.4 is 16.4 Å². The lowest BCUT2D eigenvalue weighted by atomic mass is 10.0. The highest BCUT2D eigenvalue weighted by Crippen LogP contribution is 2.36. The number of rotatable bonds is 6. The Morgan fingerprint density at radius 1 is 0.933 bits per heavy atom.